The first-order valence-corrected chi connectivity index (χ1v) is 15.1. The molecule has 2 aromatic heterocycles. The highest BCUT2D eigenvalue weighted by atomic mass is 16.5. The fourth-order valence-electron chi connectivity index (χ4n) is 6.77. The number of nitrogens with two attached hydrogens (primary N) is 1. The van der Waals surface area contributed by atoms with Crippen molar-refractivity contribution in [1.29, 1.82) is 0 Å². The smallest absolute Gasteiger partial charge is 0.270 e. The molecule has 0 bridgehead atoms. The molecule has 41 heavy (non-hydrogen) atoms. The number of fused-ring (bicyclic) bond motifs is 2. The lowest BCUT2D eigenvalue weighted by atomic mass is 9.79. The van der Waals surface area contributed by atoms with E-state index in [1.165, 1.54) is 62.3 Å². The lowest BCUT2D eigenvalue weighted by Crippen LogP contribution is -2.24. The van der Waals surface area contributed by atoms with Crippen molar-refractivity contribution in [3.63, 3.8) is 0 Å². The maximum absolute atomic E-state index is 13.5. The molecule has 2 saturated carbocycles. The Morgan fingerprint density at radius 1 is 1.12 bits per heavy atom. The summed E-state index contributed by atoms with van der Waals surface area (Å²) in [4.78, 5) is 29.0. The maximum atomic E-state index is 13.5. The number of ether oxygens (including phenoxy) is 1. The molecule has 0 unspecified atom stereocenters. The molecule has 3 heterocycles. The SMILES string of the molecule is Cc1c(C(=O)NCc2nc(C(N)=O)co2)cc(-c2cc(C(C)(C)C)c3c(c2)C2(CCO3)CC2)n1CC1CCCCC1. The van der Waals surface area contributed by atoms with E-state index >= 15 is 0 Å². The molecule has 3 aromatic rings. The van der Waals surface area contributed by atoms with Crippen LogP contribution in [0.2, 0.25) is 0 Å². The van der Waals surface area contributed by atoms with Gasteiger partial charge in [0.2, 0.25) is 5.89 Å². The molecule has 0 saturated heterocycles. The molecule has 0 atom stereocenters. The quantitative estimate of drug-likeness (QED) is 0.360. The summed E-state index contributed by atoms with van der Waals surface area (Å²) in [5.74, 6) is 1.06. The maximum Gasteiger partial charge on any atom is 0.270 e. The van der Waals surface area contributed by atoms with Crippen LogP contribution in [0, 0.1) is 12.8 Å². The van der Waals surface area contributed by atoms with Crippen molar-refractivity contribution in [2.24, 2.45) is 11.7 Å². The second-order valence-electron chi connectivity index (χ2n) is 13.3. The molecule has 6 rings (SSSR count). The number of oxazole rings is 1. The van der Waals surface area contributed by atoms with Gasteiger partial charge in [-0.15, -0.1) is 0 Å². The van der Waals surface area contributed by atoms with Crippen molar-refractivity contribution >= 4 is 11.8 Å². The zero-order valence-corrected chi connectivity index (χ0v) is 24.8. The standard InChI is InChI=1S/C33H42N4O4/c1-20-23(31(39)35-17-28-36-26(19-41-28)30(34)38)16-27(37(20)18-21-8-6-5-7-9-21)22-14-24(32(2,3)4)29-25(15-22)33(10-11-33)12-13-40-29/h14-16,19,21H,5-13,17-18H2,1-4H3,(H2,34,38)(H,35,39). The summed E-state index contributed by atoms with van der Waals surface area (Å²) >= 11 is 0. The molecule has 0 radical (unpaired) electrons. The van der Waals surface area contributed by atoms with E-state index < -0.39 is 5.91 Å². The van der Waals surface area contributed by atoms with Gasteiger partial charge in [0, 0.05) is 34.5 Å². The molecule has 3 aliphatic rings. The van der Waals surface area contributed by atoms with Gasteiger partial charge in [-0.2, -0.15) is 0 Å². The van der Waals surface area contributed by atoms with Crippen LogP contribution in [0.25, 0.3) is 11.3 Å². The Morgan fingerprint density at radius 3 is 2.54 bits per heavy atom. The summed E-state index contributed by atoms with van der Waals surface area (Å²) in [6.07, 6.45) is 11.0. The Balaban J connectivity index is 1.40. The molecular weight excluding hydrogens is 516 g/mol. The number of carbonyl (C=O) groups is 2. The summed E-state index contributed by atoms with van der Waals surface area (Å²) in [7, 11) is 0. The number of carbonyl (C=O) groups excluding carboxylic acids is 2. The monoisotopic (exact) mass is 558 g/mol. The van der Waals surface area contributed by atoms with Crippen LogP contribution in [0.15, 0.2) is 28.9 Å². The van der Waals surface area contributed by atoms with Gasteiger partial charge in [-0.1, -0.05) is 40.0 Å². The van der Waals surface area contributed by atoms with Crippen LogP contribution < -0.4 is 15.8 Å². The Bertz CT molecular complexity index is 1460. The number of hydrogen-bond donors (Lipinski definition) is 2. The molecule has 1 spiro atoms. The van der Waals surface area contributed by atoms with Gasteiger partial charge in [-0.25, -0.2) is 4.98 Å². The van der Waals surface area contributed by atoms with Gasteiger partial charge < -0.3 is 24.8 Å². The van der Waals surface area contributed by atoms with E-state index in [2.05, 4.69) is 53.8 Å². The zero-order chi connectivity index (χ0) is 28.9. The van der Waals surface area contributed by atoms with E-state index in [9.17, 15) is 9.59 Å². The van der Waals surface area contributed by atoms with E-state index in [0.717, 1.165) is 42.3 Å². The Labute approximate surface area is 242 Å². The van der Waals surface area contributed by atoms with Crippen molar-refractivity contribution in [3.8, 4) is 17.0 Å². The minimum atomic E-state index is -0.662. The number of nitrogens with zero attached hydrogens (tertiary/aromatic N) is 2. The molecule has 8 heteroatoms. The number of primary amides is 1. The summed E-state index contributed by atoms with van der Waals surface area (Å²) in [6.45, 7) is 10.6. The van der Waals surface area contributed by atoms with Crippen LogP contribution in [0.5, 0.6) is 5.75 Å². The third-order valence-corrected chi connectivity index (χ3v) is 9.43. The molecule has 1 aromatic carbocycles. The second kappa shape index (κ2) is 10.4. The normalized spacial score (nSPS) is 18.1. The van der Waals surface area contributed by atoms with Gasteiger partial charge in [0.25, 0.3) is 11.8 Å². The van der Waals surface area contributed by atoms with E-state index in [4.69, 9.17) is 14.9 Å². The highest BCUT2D eigenvalue weighted by Gasteiger charge is 2.49. The predicted octanol–water partition coefficient (Wildman–Crippen LogP) is 6.17. The van der Waals surface area contributed by atoms with Crippen LogP contribution in [0.4, 0.5) is 0 Å². The minimum absolute atomic E-state index is 0.0471. The average molecular weight is 559 g/mol. The molecule has 2 fully saturated rings. The number of benzene rings is 1. The summed E-state index contributed by atoms with van der Waals surface area (Å²) < 4.78 is 14.0. The first-order valence-electron chi connectivity index (χ1n) is 15.1. The predicted molar refractivity (Wildman–Crippen MR) is 157 cm³/mol. The minimum Gasteiger partial charge on any atom is -0.493 e. The van der Waals surface area contributed by atoms with Gasteiger partial charge in [0.15, 0.2) is 5.69 Å². The molecular formula is C33H42N4O4. The number of nitrogens with one attached hydrogen (secondary N) is 1. The average Bonchev–Trinajstić information content (AvgIpc) is 3.40. The van der Waals surface area contributed by atoms with Crippen molar-refractivity contribution in [3.05, 3.63) is 58.4 Å². The Morgan fingerprint density at radius 2 is 1.88 bits per heavy atom. The largest absolute Gasteiger partial charge is 0.493 e. The number of amides is 2. The summed E-state index contributed by atoms with van der Waals surface area (Å²) in [6, 6.07) is 6.70. The van der Waals surface area contributed by atoms with E-state index in [1.54, 1.807) is 0 Å². The van der Waals surface area contributed by atoms with Crippen LogP contribution in [0.3, 0.4) is 0 Å². The molecule has 218 valence electrons. The van der Waals surface area contributed by atoms with Crippen molar-refractivity contribution in [1.82, 2.24) is 14.9 Å². The van der Waals surface area contributed by atoms with E-state index in [-0.39, 0.29) is 34.9 Å². The lowest BCUT2D eigenvalue weighted by Gasteiger charge is -2.33. The first-order chi connectivity index (χ1) is 19.6. The van der Waals surface area contributed by atoms with Gasteiger partial charge in [-0.05, 0) is 74.1 Å². The van der Waals surface area contributed by atoms with Gasteiger partial charge in [0.1, 0.15) is 12.0 Å². The number of hydrogen-bond acceptors (Lipinski definition) is 5. The first kappa shape index (κ1) is 27.6. The summed E-state index contributed by atoms with van der Waals surface area (Å²) in [5.41, 5.74) is 11.9. The van der Waals surface area contributed by atoms with Gasteiger partial charge in [-0.3, -0.25) is 9.59 Å². The second-order valence-corrected chi connectivity index (χ2v) is 13.3. The Kier molecular flexibility index (Phi) is 6.99. The molecule has 2 amide bonds. The zero-order valence-electron chi connectivity index (χ0n) is 24.8. The van der Waals surface area contributed by atoms with E-state index in [1.807, 2.05) is 6.92 Å². The Hall–Kier alpha value is -3.55. The summed E-state index contributed by atoms with van der Waals surface area (Å²) in [5, 5.41) is 2.93. The van der Waals surface area contributed by atoms with Crippen molar-refractivity contribution in [2.75, 3.05) is 6.61 Å². The lowest BCUT2D eigenvalue weighted by molar-refractivity contribution is 0.0945. The molecule has 3 N–H and O–H groups in total. The highest BCUT2D eigenvalue weighted by Crippen LogP contribution is 2.58. The number of rotatable bonds is 7. The van der Waals surface area contributed by atoms with Crippen molar-refractivity contribution in [2.45, 2.75) is 103 Å². The topological polar surface area (TPSA) is 112 Å². The van der Waals surface area contributed by atoms with Crippen LogP contribution in [0.1, 0.15) is 116 Å². The van der Waals surface area contributed by atoms with Gasteiger partial charge >= 0.3 is 0 Å². The van der Waals surface area contributed by atoms with Crippen LogP contribution in [-0.2, 0) is 23.9 Å². The third kappa shape index (κ3) is 5.29. The van der Waals surface area contributed by atoms with Crippen LogP contribution in [-0.4, -0.2) is 28.0 Å². The molecule has 2 aliphatic carbocycles. The molecule has 8 nitrogen and oxygen atoms in total. The van der Waals surface area contributed by atoms with Gasteiger partial charge in [0.05, 0.1) is 18.7 Å². The van der Waals surface area contributed by atoms with Crippen molar-refractivity contribution < 1.29 is 18.7 Å². The fraction of sp³-hybridized carbons (Fsp3) is 0.545. The molecule has 1 aliphatic heterocycles. The fourth-order valence-corrected chi connectivity index (χ4v) is 6.77. The highest BCUT2D eigenvalue weighted by molar-refractivity contribution is 5.97. The third-order valence-electron chi connectivity index (χ3n) is 9.43. The van der Waals surface area contributed by atoms with Crippen LogP contribution >= 0.6 is 0 Å². The number of aromatic nitrogens is 2. The van der Waals surface area contributed by atoms with E-state index in [0.29, 0.717) is 11.5 Å².